The van der Waals surface area contributed by atoms with Crippen LogP contribution >= 0.6 is 0 Å². The fourth-order valence-corrected chi connectivity index (χ4v) is 8.68. The second-order valence-corrected chi connectivity index (χ2v) is 9.75. The molecule has 2 aliphatic heterocycles. The summed E-state index contributed by atoms with van der Waals surface area (Å²) < 4.78 is 25.3. The molecule has 0 amide bonds. The Morgan fingerprint density at radius 3 is 0.864 bits per heavy atom. The third kappa shape index (κ3) is 1.00. The van der Waals surface area contributed by atoms with Crippen LogP contribution in [0.1, 0.15) is 27.7 Å². The van der Waals surface area contributed by atoms with Crippen molar-refractivity contribution in [2.24, 2.45) is 47.3 Å². The fraction of sp³-hybridized carbons (Fsp3) is 1.00. The predicted octanol–water partition coefficient (Wildman–Crippen LogP) is 2.02. The Balaban J connectivity index is 1.32. The Morgan fingerprint density at radius 2 is 0.636 bits per heavy atom. The monoisotopic (exact) mass is 304 g/mol. The van der Waals surface area contributed by atoms with E-state index in [1.165, 1.54) is 0 Å². The summed E-state index contributed by atoms with van der Waals surface area (Å²) in [5.41, 5.74) is 0. The summed E-state index contributed by atoms with van der Waals surface area (Å²) in [7, 11) is 0. The summed E-state index contributed by atoms with van der Waals surface area (Å²) in [6.07, 6.45) is 1.41. The van der Waals surface area contributed by atoms with Crippen molar-refractivity contribution < 1.29 is 18.9 Å². The van der Waals surface area contributed by atoms with Crippen molar-refractivity contribution in [1.29, 1.82) is 0 Å². The molecule has 10 atom stereocenters. The molecule has 0 spiro atoms. The van der Waals surface area contributed by atoms with Crippen LogP contribution in [0.5, 0.6) is 0 Å². The molecule has 8 rings (SSSR count). The van der Waals surface area contributed by atoms with Gasteiger partial charge in [0, 0.05) is 0 Å². The molecule has 8 fully saturated rings. The first-order valence-electron chi connectivity index (χ1n) is 9.09. The third-order valence-corrected chi connectivity index (χ3v) is 8.29. The van der Waals surface area contributed by atoms with Crippen molar-refractivity contribution in [3.05, 3.63) is 0 Å². The van der Waals surface area contributed by atoms with Crippen LogP contribution < -0.4 is 0 Å². The molecule has 0 radical (unpaired) electrons. The lowest BCUT2D eigenvalue weighted by molar-refractivity contribution is -0.163. The maximum absolute atomic E-state index is 6.32. The molecule has 6 saturated carbocycles. The van der Waals surface area contributed by atoms with Crippen molar-refractivity contribution in [2.75, 3.05) is 0 Å². The molecule has 4 heteroatoms. The summed E-state index contributed by atoms with van der Waals surface area (Å²) in [4.78, 5) is 0. The zero-order valence-corrected chi connectivity index (χ0v) is 13.6. The first kappa shape index (κ1) is 12.2. The molecular formula is C18H24O4. The van der Waals surface area contributed by atoms with Crippen molar-refractivity contribution in [1.82, 2.24) is 0 Å². The number of ether oxygens (including phenoxy) is 4. The molecule has 4 nitrogen and oxygen atoms in total. The van der Waals surface area contributed by atoms with E-state index < -0.39 is 0 Å². The lowest BCUT2D eigenvalue weighted by atomic mass is 9.67. The van der Waals surface area contributed by atoms with Gasteiger partial charge in [0.2, 0.25) is 0 Å². The fourth-order valence-electron chi connectivity index (χ4n) is 8.68. The SMILES string of the molecule is CC1(C)O[C@@H]2C3C4C5C(C3C3C4[C@H]4OC(C)(C)O[C@H]4C35)[C@@H]2O1. The largest absolute Gasteiger partial charge is 0.344 e. The van der Waals surface area contributed by atoms with Crippen LogP contribution in [-0.2, 0) is 18.9 Å². The summed E-state index contributed by atoms with van der Waals surface area (Å²) in [6, 6.07) is 0. The van der Waals surface area contributed by atoms with Gasteiger partial charge in [-0.2, -0.15) is 0 Å². The van der Waals surface area contributed by atoms with E-state index in [1.807, 2.05) is 0 Å². The summed E-state index contributed by atoms with van der Waals surface area (Å²) in [6.45, 7) is 8.31. The molecule has 8 aliphatic rings. The highest BCUT2D eigenvalue weighted by atomic mass is 16.8. The van der Waals surface area contributed by atoms with Gasteiger partial charge in [-0.15, -0.1) is 0 Å². The lowest BCUT2D eigenvalue weighted by Gasteiger charge is -2.42. The highest BCUT2D eigenvalue weighted by Gasteiger charge is 2.88. The first-order valence-corrected chi connectivity index (χ1v) is 9.09. The third-order valence-electron chi connectivity index (χ3n) is 8.29. The smallest absolute Gasteiger partial charge is 0.163 e. The molecule has 0 aromatic rings. The molecule has 0 aromatic heterocycles. The molecule has 22 heavy (non-hydrogen) atoms. The van der Waals surface area contributed by atoms with Crippen molar-refractivity contribution in [2.45, 2.75) is 63.7 Å². The van der Waals surface area contributed by atoms with Crippen LogP contribution in [0.4, 0.5) is 0 Å². The van der Waals surface area contributed by atoms with Gasteiger partial charge < -0.3 is 18.9 Å². The molecule has 0 aromatic carbocycles. The van der Waals surface area contributed by atoms with Crippen LogP contribution in [-0.4, -0.2) is 36.0 Å². The van der Waals surface area contributed by atoms with E-state index >= 15 is 0 Å². The Bertz CT molecular complexity index is 504. The van der Waals surface area contributed by atoms with E-state index in [0.29, 0.717) is 24.4 Å². The van der Waals surface area contributed by atoms with Crippen LogP contribution in [0.3, 0.4) is 0 Å². The maximum atomic E-state index is 6.32. The maximum Gasteiger partial charge on any atom is 0.163 e. The summed E-state index contributed by atoms with van der Waals surface area (Å²) in [5, 5.41) is 0. The van der Waals surface area contributed by atoms with Gasteiger partial charge in [0.05, 0.1) is 24.4 Å². The second-order valence-electron chi connectivity index (χ2n) is 9.75. The first-order chi connectivity index (χ1) is 10.4. The van der Waals surface area contributed by atoms with Gasteiger partial charge in [-0.3, -0.25) is 0 Å². The minimum absolute atomic E-state index is 0.353. The molecule has 0 N–H and O–H groups in total. The quantitative estimate of drug-likeness (QED) is 0.686. The van der Waals surface area contributed by atoms with Gasteiger partial charge in [0.1, 0.15) is 0 Å². The van der Waals surface area contributed by atoms with Crippen molar-refractivity contribution in [3.63, 3.8) is 0 Å². The van der Waals surface area contributed by atoms with Crippen LogP contribution in [0.25, 0.3) is 0 Å². The van der Waals surface area contributed by atoms with Gasteiger partial charge in [-0.25, -0.2) is 0 Å². The zero-order chi connectivity index (χ0) is 14.8. The predicted molar refractivity (Wildman–Crippen MR) is 75.6 cm³/mol. The number of hydrogen-bond donors (Lipinski definition) is 0. The normalized spacial score (nSPS) is 72.5. The highest BCUT2D eigenvalue weighted by molar-refractivity contribution is 5.34. The zero-order valence-electron chi connectivity index (χ0n) is 13.6. The molecule has 6 aliphatic carbocycles. The Labute approximate surface area is 130 Å². The number of rotatable bonds is 0. The molecule has 2 heterocycles. The van der Waals surface area contributed by atoms with E-state index in [0.717, 1.165) is 47.3 Å². The van der Waals surface area contributed by atoms with E-state index in [1.54, 1.807) is 0 Å². The van der Waals surface area contributed by atoms with Gasteiger partial charge in [-0.1, -0.05) is 0 Å². The Hall–Kier alpha value is -0.160. The van der Waals surface area contributed by atoms with E-state index in [2.05, 4.69) is 27.7 Å². The molecular weight excluding hydrogens is 280 g/mol. The van der Waals surface area contributed by atoms with Gasteiger partial charge in [-0.05, 0) is 75.0 Å². The van der Waals surface area contributed by atoms with E-state index in [4.69, 9.17) is 18.9 Å². The molecule has 2 saturated heterocycles. The molecule has 120 valence electrons. The molecule has 8 bridgehead atoms. The van der Waals surface area contributed by atoms with Crippen LogP contribution in [0, 0.1) is 47.3 Å². The van der Waals surface area contributed by atoms with Crippen molar-refractivity contribution in [3.8, 4) is 0 Å². The second kappa shape index (κ2) is 3.05. The highest BCUT2D eigenvalue weighted by Crippen LogP contribution is 2.84. The average molecular weight is 304 g/mol. The van der Waals surface area contributed by atoms with Gasteiger partial charge in [0.25, 0.3) is 0 Å². The Morgan fingerprint density at radius 1 is 0.409 bits per heavy atom. The average Bonchev–Trinajstić information content (AvgIpc) is 3.12. The van der Waals surface area contributed by atoms with Crippen molar-refractivity contribution >= 4 is 0 Å². The van der Waals surface area contributed by atoms with Gasteiger partial charge in [0.15, 0.2) is 11.6 Å². The van der Waals surface area contributed by atoms with E-state index in [9.17, 15) is 0 Å². The van der Waals surface area contributed by atoms with Crippen LogP contribution in [0.15, 0.2) is 0 Å². The topological polar surface area (TPSA) is 36.9 Å². The Kier molecular flexibility index (Phi) is 1.70. The van der Waals surface area contributed by atoms with Gasteiger partial charge >= 0.3 is 0 Å². The summed E-state index contributed by atoms with van der Waals surface area (Å²) in [5.74, 6) is 5.48. The van der Waals surface area contributed by atoms with E-state index in [-0.39, 0.29) is 11.6 Å². The standard InChI is InChI=1S/C18H24O4/c1-17(2)19-13-9-5-6-11-7(9)8(10(5)14(13)20-17)12(6)16-15(11)21-18(3,4)22-16/h5-16H,1-4H3/t5?,6?,7?,8?,9?,10?,11?,12?,13-,14+,15-,16+. The minimum Gasteiger partial charge on any atom is -0.344 e. The molecule has 6 unspecified atom stereocenters. The lowest BCUT2D eigenvalue weighted by Crippen LogP contribution is -2.49. The van der Waals surface area contributed by atoms with Crippen LogP contribution in [0.2, 0.25) is 0 Å². The summed E-state index contributed by atoms with van der Waals surface area (Å²) >= 11 is 0. The number of hydrogen-bond acceptors (Lipinski definition) is 4. The minimum atomic E-state index is -0.385. The number of fused-ring (bicyclic) bond motifs is 2.